The van der Waals surface area contributed by atoms with Crippen molar-refractivity contribution in [2.24, 2.45) is 11.8 Å². The van der Waals surface area contributed by atoms with Crippen LogP contribution in [0.5, 0.6) is 5.75 Å². The monoisotopic (exact) mass is 429 g/mol. The molecule has 0 aromatic heterocycles. The van der Waals surface area contributed by atoms with Gasteiger partial charge < -0.3 is 9.47 Å². The van der Waals surface area contributed by atoms with Crippen LogP contribution in [-0.2, 0) is 25.9 Å². The van der Waals surface area contributed by atoms with Crippen LogP contribution in [0.25, 0.3) is 0 Å². The maximum absolute atomic E-state index is 12.7. The first-order valence-electron chi connectivity index (χ1n) is 9.93. The number of sulfone groups is 1. The van der Waals surface area contributed by atoms with E-state index in [9.17, 15) is 13.2 Å². The third kappa shape index (κ3) is 5.49. The number of likely N-dealkylation sites (tertiary alicyclic amines) is 1. The average molecular weight is 430 g/mol. The molecule has 0 amide bonds. The fourth-order valence-electron chi connectivity index (χ4n) is 3.63. The Morgan fingerprint density at radius 1 is 1.10 bits per heavy atom. The van der Waals surface area contributed by atoms with Gasteiger partial charge in [0.05, 0.1) is 24.5 Å². The van der Waals surface area contributed by atoms with Crippen LogP contribution in [0.2, 0.25) is 0 Å². The van der Waals surface area contributed by atoms with Crippen molar-refractivity contribution in [3.05, 3.63) is 71.6 Å². The van der Waals surface area contributed by atoms with Crippen molar-refractivity contribution in [1.82, 2.24) is 4.90 Å². The van der Waals surface area contributed by atoms with E-state index >= 15 is 0 Å². The molecular weight excluding hydrogens is 402 g/mol. The minimum Gasteiger partial charge on any atom is -0.497 e. The van der Waals surface area contributed by atoms with Crippen molar-refractivity contribution in [3.63, 3.8) is 0 Å². The molecule has 0 radical (unpaired) electrons. The lowest BCUT2D eigenvalue weighted by Gasteiger charge is -2.15. The highest BCUT2D eigenvalue weighted by Crippen LogP contribution is 2.28. The van der Waals surface area contributed by atoms with E-state index in [1.807, 2.05) is 30.3 Å². The molecule has 0 bridgehead atoms. The largest absolute Gasteiger partial charge is 0.497 e. The van der Waals surface area contributed by atoms with E-state index in [2.05, 4.69) is 4.90 Å². The van der Waals surface area contributed by atoms with Gasteiger partial charge in [-0.1, -0.05) is 36.4 Å². The third-order valence-electron chi connectivity index (χ3n) is 5.17. The molecule has 0 saturated carbocycles. The van der Waals surface area contributed by atoms with Gasteiger partial charge in [-0.3, -0.25) is 9.69 Å². The fraction of sp³-hybridized carbons (Fsp3) is 0.348. The third-order valence-corrected chi connectivity index (χ3v) is 6.62. The predicted molar refractivity (Wildman–Crippen MR) is 115 cm³/mol. The molecule has 6 nitrogen and oxygen atoms in total. The zero-order chi connectivity index (χ0) is 21.6. The van der Waals surface area contributed by atoms with Crippen LogP contribution >= 0.6 is 0 Å². The number of rotatable bonds is 8. The summed E-state index contributed by atoms with van der Waals surface area (Å²) in [5.74, 6) is -0.325. The maximum Gasteiger partial charge on any atom is 0.310 e. The van der Waals surface area contributed by atoms with E-state index in [4.69, 9.17) is 9.47 Å². The summed E-state index contributed by atoms with van der Waals surface area (Å²) in [5, 5.41) is 1.21. The van der Waals surface area contributed by atoms with E-state index in [1.54, 1.807) is 25.1 Å². The van der Waals surface area contributed by atoms with Crippen LogP contribution in [0.4, 0.5) is 0 Å². The van der Waals surface area contributed by atoms with Gasteiger partial charge in [0.2, 0.25) is 0 Å². The molecule has 2 aromatic carbocycles. The van der Waals surface area contributed by atoms with Gasteiger partial charge in [-0.15, -0.1) is 0 Å². The molecule has 30 heavy (non-hydrogen) atoms. The normalized spacial score (nSPS) is 19.8. The van der Waals surface area contributed by atoms with Gasteiger partial charge in [0.1, 0.15) is 5.75 Å². The zero-order valence-electron chi connectivity index (χ0n) is 17.2. The average Bonchev–Trinajstić information content (AvgIpc) is 3.16. The van der Waals surface area contributed by atoms with Gasteiger partial charge in [-0.2, -0.15) is 0 Å². The number of carbonyl (C=O) groups excluding carboxylic acids is 1. The number of nitrogens with zero attached hydrogens (tertiary/aromatic N) is 1. The lowest BCUT2D eigenvalue weighted by atomic mass is 9.96. The molecule has 0 N–H and O–H groups in total. The standard InChI is InChI=1S/C23H27NO5S/c1-3-29-23(25)22-17-24(15-18-7-5-4-6-8-18)16-19(22)13-14-30(26,27)21-11-9-20(28-2)10-12-21/h4-14,19,22H,3,15-17H2,1-2H3/b14-13+/t19-,22-/m1/s1. The number of hydrogen-bond donors (Lipinski definition) is 0. The van der Waals surface area contributed by atoms with E-state index < -0.39 is 15.8 Å². The van der Waals surface area contributed by atoms with Crippen LogP contribution in [0.3, 0.4) is 0 Å². The minimum absolute atomic E-state index is 0.186. The van der Waals surface area contributed by atoms with Gasteiger partial charge in [-0.05, 0) is 36.8 Å². The van der Waals surface area contributed by atoms with Crippen molar-refractivity contribution in [1.29, 1.82) is 0 Å². The van der Waals surface area contributed by atoms with Crippen molar-refractivity contribution in [2.45, 2.75) is 18.4 Å². The molecule has 0 spiro atoms. The molecule has 1 saturated heterocycles. The van der Waals surface area contributed by atoms with Gasteiger partial charge in [0.25, 0.3) is 0 Å². The van der Waals surface area contributed by atoms with Gasteiger partial charge in [-0.25, -0.2) is 8.42 Å². The fourth-order valence-corrected chi connectivity index (χ4v) is 4.71. The van der Waals surface area contributed by atoms with E-state index in [0.717, 1.165) is 5.56 Å². The molecule has 1 aliphatic heterocycles. The first-order chi connectivity index (χ1) is 14.4. The Labute approximate surface area is 178 Å². The van der Waals surface area contributed by atoms with Crippen LogP contribution in [0.1, 0.15) is 12.5 Å². The molecule has 2 aromatic rings. The maximum atomic E-state index is 12.7. The SMILES string of the molecule is CCOC(=O)[C@@H]1CN(Cc2ccccc2)C[C@H]1/C=C/S(=O)(=O)c1ccc(OC)cc1. The summed E-state index contributed by atoms with van der Waals surface area (Å²) in [6.07, 6.45) is 1.63. The molecule has 3 rings (SSSR count). The summed E-state index contributed by atoms with van der Waals surface area (Å²) < 4.78 is 35.7. The molecule has 160 valence electrons. The Morgan fingerprint density at radius 3 is 2.43 bits per heavy atom. The Kier molecular flexibility index (Phi) is 7.29. The van der Waals surface area contributed by atoms with Crippen LogP contribution in [0.15, 0.2) is 71.0 Å². The smallest absolute Gasteiger partial charge is 0.310 e. The van der Waals surface area contributed by atoms with Gasteiger partial charge in [0, 0.05) is 31.0 Å². The number of methoxy groups -OCH3 is 1. The molecule has 1 heterocycles. The number of esters is 1. The van der Waals surface area contributed by atoms with E-state index in [0.29, 0.717) is 32.0 Å². The highest BCUT2D eigenvalue weighted by atomic mass is 32.2. The van der Waals surface area contributed by atoms with Crippen molar-refractivity contribution >= 4 is 15.8 Å². The van der Waals surface area contributed by atoms with E-state index in [-0.39, 0.29) is 16.8 Å². The van der Waals surface area contributed by atoms with Gasteiger partial charge >= 0.3 is 5.97 Å². The highest BCUT2D eigenvalue weighted by Gasteiger charge is 2.37. The highest BCUT2D eigenvalue weighted by molar-refractivity contribution is 7.94. The van der Waals surface area contributed by atoms with Crippen molar-refractivity contribution in [2.75, 3.05) is 26.8 Å². The van der Waals surface area contributed by atoms with Crippen LogP contribution in [-0.4, -0.2) is 46.1 Å². The summed E-state index contributed by atoms with van der Waals surface area (Å²) in [5.41, 5.74) is 1.15. The molecule has 1 fully saturated rings. The quantitative estimate of drug-likeness (QED) is 0.600. The first kappa shape index (κ1) is 22.1. The summed E-state index contributed by atoms with van der Waals surface area (Å²) in [4.78, 5) is 14.8. The lowest BCUT2D eigenvalue weighted by Crippen LogP contribution is -2.25. The second kappa shape index (κ2) is 9.91. The number of carbonyl (C=O) groups is 1. The Morgan fingerprint density at radius 2 is 1.80 bits per heavy atom. The van der Waals surface area contributed by atoms with Crippen LogP contribution < -0.4 is 4.74 Å². The Balaban J connectivity index is 1.76. The van der Waals surface area contributed by atoms with Crippen LogP contribution in [0, 0.1) is 11.8 Å². The van der Waals surface area contributed by atoms with Gasteiger partial charge in [0.15, 0.2) is 9.84 Å². The summed E-state index contributed by atoms with van der Waals surface area (Å²) in [7, 11) is -2.09. The lowest BCUT2D eigenvalue weighted by molar-refractivity contribution is -0.148. The topological polar surface area (TPSA) is 72.9 Å². The summed E-state index contributed by atoms with van der Waals surface area (Å²) >= 11 is 0. The molecule has 0 aliphatic carbocycles. The second-order valence-electron chi connectivity index (χ2n) is 7.25. The Hall–Kier alpha value is -2.64. The van der Waals surface area contributed by atoms with E-state index in [1.165, 1.54) is 24.7 Å². The number of benzene rings is 2. The molecule has 2 atom stereocenters. The predicted octanol–water partition coefficient (Wildman–Crippen LogP) is 3.29. The minimum atomic E-state index is -3.62. The molecule has 7 heteroatoms. The number of ether oxygens (including phenoxy) is 2. The van der Waals surface area contributed by atoms with Crippen molar-refractivity contribution in [3.8, 4) is 5.75 Å². The second-order valence-corrected chi connectivity index (χ2v) is 9.08. The zero-order valence-corrected chi connectivity index (χ0v) is 18.0. The molecule has 1 aliphatic rings. The first-order valence-corrected chi connectivity index (χ1v) is 11.5. The summed E-state index contributed by atoms with van der Waals surface area (Å²) in [6.45, 7) is 3.90. The van der Waals surface area contributed by atoms with Crippen molar-refractivity contribution < 1.29 is 22.7 Å². The molecular formula is C23H27NO5S. The summed E-state index contributed by atoms with van der Waals surface area (Å²) in [6, 6.07) is 16.2. The Bertz CT molecular complexity index is 970. The number of hydrogen-bond acceptors (Lipinski definition) is 6. The molecule has 0 unspecified atom stereocenters.